The number of hydrogen-bond donors (Lipinski definition) is 3. The number of benzene rings is 1. The van der Waals surface area contributed by atoms with Crippen LogP contribution in [0, 0.1) is 0 Å². The quantitative estimate of drug-likeness (QED) is 0.567. The molecule has 1 aromatic rings. The van der Waals surface area contributed by atoms with Crippen LogP contribution in [0.4, 0.5) is 5.69 Å². The molecular weight excluding hydrogens is 246 g/mol. The van der Waals surface area contributed by atoms with Crippen LogP contribution in [-0.2, 0) is 0 Å². The van der Waals surface area contributed by atoms with Gasteiger partial charge in [-0.25, -0.2) is 0 Å². The van der Waals surface area contributed by atoms with E-state index >= 15 is 0 Å². The summed E-state index contributed by atoms with van der Waals surface area (Å²) < 4.78 is 0. The van der Waals surface area contributed by atoms with Crippen molar-refractivity contribution in [3.63, 3.8) is 0 Å². The molecule has 3 nitrogen and oxygen atoms in total. The van der Waals surface area contributed by atoms with Crippen molar-refractivity contribution in [2.75, 3.05) is 11.1 Å². The van der Waals surface area contributed by atoms with E-state index in [2.05, 4.69) is 15.9 Å². The van der Waals surface area contributed by atoms with Crippen molar-refractivity contribution in [1.82, 2.24) is 0 Å². The first-order valence-electron chi connectivity index (χ1n) is 4.42. The molecule has 14 heavy (non-hydrogen) atoms. The van der Waals surface area contributed by atoms with Gasteiger partial charge in [0.05, 0.1) is 6.10 Å². The summed E-state index contributed by atoms with van der Waals surface area (Å²) in [5.74, 6) is 0. The number of rotatable bonds is 4. The lowest BCUT2D eigenvalue weighted by molar-refractivity contribution is 0.0174. The van der Waals surface area contributed by atoms with Crippen LogP contribution in [-0.4, -0.2) is 21.6 Å². The number of aliphatic hydroxyl groups excluding tert-OH is 2. The van der Waals surface area contributed by atoms with E-state index in [9.17, 15) is 10.2 Å². The van der Waals surface area contributed by atoms with Gasteiger partial charge >= 0.3 is 0 Å². The SMILES string of the molecule is Nc1ccc(C(O)C(O)CCBr)cc1. The first kappa shape index (κ1) is 11.5. The fourth-order valence-corrected chi connectivity index (χ4v) is 1.65. The summed E-state index contributed by atoms with van der Waals surface area (Å²) in [5.41, 5.74) is 6.85. The minimum Gasteiger partial charge on any atom is -0.399 e. The Bertz CT molecular complexity index is 276. The van der Waals surface area contributed by atoms with Crippen molar-refractivity contribution in [3.8, 4) is 0 Å². The molecule has 2 unspecified atom stereocenters. The third-order valence-electron chi connectivity index (χ3n) is 2.05. The van der Waals surface area contributed by atoms with Crippen LogP contribution in [0.15, 0.2) is 24.3 Å². The van der Waals surface area contributed by atoms with Gasteiger partial charge in [0, 0.05) is 11.0 Å². The molecule has 0 saturated heterocycles. The Labute approximate surface area is 91.7 Å². The van der Waals surface area contributed by atoms with E-state index < -0.39 is 12.2 Å². The molecule has 0 amide bonds. The van der Waals surface area contributed by atoms with E-state index in [1.165, 1.54) is 0 Å². The molecule has 0 aromatic heterocycles. The van der Waals surface area contributed by atoms with Crippen molar-refractivity contribution in [2.45, 2.75) is 18.6 Å². The van der Waals surface area contributed by atoms with Gasteiger partial charge in [0.2, 0.25) is 0 Å². The molecule has 4 heteroatoms. The van der Waals surface area contributed by atoms with Crippen LogP contribution >= 0.6 is 15.9 Å². The monoisotopic (exact) mass is 259 g/mol. The zero-order valence-electron chi connectivity index (χ0n) is 7.73. The van der Waals surface area contributed by atoms with Gasteiger partial charge in [-0.1, -0.05) is 28.1 Å². The smallest absolute Gasteiger partial charge is 0.105 e. The minimum atomic E-state index is -0.840. The van der Waals surface area contributed by atoms with Gasteiger partial charge in [-0.15, -0.1) is 0 Å². The molecule has 0 radical (unpaired) electrons. The van der Waals surface area contributed by atoms with Gasteiger partial charge in [0.25, 0.3) is 0 Å². The first-order chi connectivity index (χ1) is 6.65. The molecule has 0 heterocycles. The Hall–Kier alpha value is -0.580. The van der Waals surface area contributed by atoms with Crippen molar-refractivity contribution in [3.05, 3.63) is 29.8 Å². The van der Waals surface area contributed by atoms with Crippen LogP contribution in [0.25, 0.3) is 0 Å². The Balaban J connectivity index is 2.68. The largest absolute Gasteiger partial charge is 0.399 e. The second kappa shape index (κ2) is 5.34. The van der Waals surface area contributed by atoms with Crippen molar-refractivity contribution < 1.29 is 10.2 Å². The number of anilines is 1. The maximum Gasteiger partial charge on any atom is 0.105 e. The number of nitrogen functional groups attached to an aromatic ring is 1. The van der Waals surface area contributed by atoms with Gasteiger partial charge in [0.15, 0.2) is 0 Å². The molecule has 1 aromatic carbocycles. The summed E-state index contributed by atoms with van der Waals surface area (Å²) in [5, 5.41) is 19.9. The zero-order valence-corrected chi connectivity index (χ0v) is 9.31. The molecule has 2 atom stereocenters. The van der Waals surface area contributed by atoms with E-state index in [4.69, 9.17) is 5.73 Å². The molecule has 0 saturated carbocycles. The Kier molecular flexibility index (Phi) is 4.38. The predicted molar refractivity (Wildman–Crippen MR) is 60.2 cm³/mol. The predicted octanol–water partition coefficient (Wildman–Crippen LogP) is 1.45. The van der Waals surface area contributed by atoms with Crippen LogP contribution in [0.2, 0.25) is 0 Å². The molecular formula is C10H14BrNO2. The Morgan fingerprint density at radius 3 is 2.29 bits per heavy atom. The second-order valence-corrected chi connectivity index (χ2v) is 3.95. The highest BCUT2D eigenvalue weighted by molar-refractivity contribution is 9.09. The topological polar surface area (TPSA) is 66.5 Å². The lowest BCUT2D eigenvalue weighted by Gasteiger charge is -2.17. The minimum absolute atomic E-state index is 0.519. The fraction of sp³-hybridized carbons (Fsp3) is 0.400. The fourth-order valence-electron chi connectivity index (χ4n) is 1.18. The number of nitrogens with two attached hydrogens (primary N) is 1. The molecule has 0 aliphatic heterocycles. The van der Waals surface area contributed by atoms with Crippen LogP contribution in [0.1, 0.15) is 18.1 Å². The molecule has 4 N–H and O–H groups in total. The second-order valence-electron chi connectivity index (χ2n) is 3.16. The lowest BCUT2D eigenvalue weighted by Crippen LogP contribution is -2.18. The molecule has 0 aliphatic carbocycles. The first-order valence-corrected chi connectivity index (χ1v) is 5.55. The van der Waals surface area contributed by atoms with Crippen LogP contribution in [0.5, 0.6) is 0 Å². The maximum absolute atomic E-state index is 9.70. The van der Waals surface area contributed by atoms with Crippen molar-refractivity contribution in [1.29, 1.82) is 0 Å². The molecule has 1 rings (SSSR count). The van der Waals surface area contributed by atoms with E-state index in [0.717, 1.165) is 0 Å². The summed E-state index contributed by atoms with van der Waals surface area (Å²) >= 11 is 3.21. The Morgan fingerprint density at radius 1 is 1.21 bits per heavy atom. The lowest BCUT2D eigenvalue weighted by atomic mass is 10.0. The van der Waals surface area contributed by atoms with Gasteiger partial charge in [-0.3, -0.25) is 0 Å². The Morgan fingerprint density at radius 2 is 1.79 bits per heavy atom. The average Bonchev–Trinajstić information content (AvgIpc) is 2.18. The van der Waals surface area contributed by atoms with Gasteiger partial charge in [-0.2, -0.15) is 0 Å². The van der Waals surface area contributed by atoms with Crippen LogP contribution < -0.4 is 5.73 Å². The number of hydrogen-bond acceptors (Lipinski definition) is 3. The summed E-state index contributed by atoms with van der Waals surface area (Å²) in [6.07, 6.45) is -1.06. The van der Waals surface area contributed by atoms with Crippen molar-refractivity contribution >= 4 is 21.6 Å². The molecule has 0 bridgehead atoms. The highest BCUT2D eigenvalue weighted by atomic mass is 79.9. The zero-order chi connectivity index (χ0) is 10.6. The third kappa shape index (κ3) is 2.97. The van der Waals surface area contributed by atoms with E-state index in [1.807, 2.05) is 0 Å². The van der Waals surface area contributed by atoms with Gasteiger partial charge in [-0.05, 0) is 24.1 Å². The molecule has 0 fully saturated rings. The summed E-state index contributed by atoms with van der Waals surface area (Å²) in [6.45, 7) is 0. The average molecular weight is 260 g/mol. The van der Waals surface area contributed by atoms with E-state index in [1.54, 1.807) is 24.3 Å². The highest BCUT2D eigenvalue weighted by Crippen LogP contribution is 2.20. The normalized spacial score (nSPS) is 15.1. The third-order valence-corrected chi connectivity index (χ3v) is 2.51. The standard InChI is InChI=1S/C10H14BrNO2/c11-6-5-9(13)10(14)7-1-3-8(12)4-2-7/h1-4,9-10,13-14H,5-6,12H2. The van der Waals surface area contributed by atoms with Crippen LogP contribution in [0.3, 0.4) is 0 Å². The van der Waals surface area contributed by atoms with Gasteiger partial charge in [0.1, 0.15) is 6.10 Å². The molecule has 0 spiro atoms. The summed E-state index contributed by atoms with van der Waals surface area (Å²) in [4.78, 5) is 0. The van der Waals surface area contributed by atoms with Gasteiger partial charge < -0.3 is 15.9 Å². The number of alkyl halides is 1. The maximum atomic E-state index is 9.70. The molecule has 78 valence electrons. The highest BCUT2D eigenvalue weighted by Gasteiger charge is 2.16. The van der Waals surface area contributed by atoms with E-state index in [0.29, 0.717) is 23.0 Å². The summed E-state index contributed by atoms with van der Waals surface area (Å²) in [7, 11) is 0. The summed E-state index contributed by atoms with van der Waals surface area (Å²) in [6, 6.07) is 6.85. The molecule has 0 aliphatic rings. The van der Waals surface area contributed by atoms with Crippen molar-refractivity contribution in [2.24, 2.45) is 0 Å². The van der Waals surface area contributed by atoms with E-state index in [-0.39, 0.29) is 0 Å². The number of aliphatic hydroxyl groups is 2. The number of halogens is 1.